The molecular weight excluding hydrogens is 203 g/mol. The Morgan fingerprint density at radius 1 is 1.46 bits per heavy atom. The van der Waals surface area contributed by atoms with E-state index >= 15 is 0 Å². The molecule has 0 heterocycles. The fourth-order valence-corrected chi connectivity index (χ4v) is 1.08. The van der Waals surface area contributed by atoms with Gasteiger partial charge in [0.15, 0.2) is 0 Å². The van der Waals surface area contributed by atoms with Gasteiger partial charge in [0, 0.05) is 6.54 Å². The Hall–Kier alpha value is -0.390. The number of hydrogen-bond acceptors (Lipinski definition) is 2. The van der Waals surface area contributed by atoms with E-state index in [1.165, 1.54) is 0 Å². The van der Waals surface area contributed by atoms with Crippen molar-refractivity contribution in [1.82, 2.24) is 4.90 Å². The summed E-state index contributed by atoms with van der Waals surface area (Å²) >= 11 is 3.64. The molecule has 0 aromatic carbocycles. The van der Waals surface area contributed by atoms with E-state index in [2.05, 4.69) is 12.6 Å². The Morgan fingerprint density at radius 3 is 2.31 bits per heavy atom. The van der Waals surface area contributed by atoms with Crippen LogP contribution in [0.25, 0.3) is 0 Å². The molecule has 0 aliphatic carbocycles. The minimum Gasteiger partial charge on any atom is -0.333 e. The van der Waals surface area contributed by atoms with Gasteiger partial charge in [-0.1, -0.05) is 6.92 Å². The number of amides is 1. The summed E-state index contributed by atoms with van der Waals surface area (Å²) in [4.78, 5) is 11.7. The molecule has 0 radical (unpaired) electrons. The molecule has 0 saturated carbocycles. The van der Waals surface area contributed by atoms with Crippen LogP contribution < -0.4 is 0 Å². The van der Waals surface area contributed by atoms with Crippen LogP contribution in [-0.2, 0) is 4.79 Å². The zero-order chi connectivity index (χ0) is 10.5. The lowest BCUT2D eigenvalue weighted by Crippen LogP contribution is -2.40. The van der Waals surface area contributed by atoms with Crippen LogP contribution in [0.4, 0.5) is 13.2 Å². The summed E-state index contributed by atoms with van der Waals surface area (Å²) < 4.78 is 35.7. The van der Waals surface area contributed by atoms with Gasteiger partial charge in [-0.15, -0.1) is 0 Å². The zero-order valence-corrected chi connectivity index (χ0v) is 8.16. The first kappa shape index (κ1) is 12.6. The van der Waals surface area contributed by atoms with Gasteiger partial charge in [-0.2, -0.15) is 25.8 Å². The van der Waals surface area contributed by atoms with Crippen molar-refractivity contribution in [2.45, 2.75) is 19.5 Å². The Kier molecular flexibility index (Phi) is 5.20. The predicted octanol–water partition coefficient (Wildman–Crippen LogP) is 1.72. The van der Waals surface area contributed by atoms with Crippen LogP contribution in [0.15, 0.2) is 0 Å². The molecule has 0 N–H and O–H groups in total. The smallest absolute Gasteiger partial charge is 0.333 e. The Bertz CT molecular complexity index is 172. The summed E-state index contributed by atoms with van der Waals surface area (Å²) in [5, 5.41) is 0. The second kappa shape index (κ2) is 5.36. The number of carbonyl (C=O) groups excluding carboxylic acids is 1. The first-order valence-electron chi connectivity index (χ1n) is 3.86. The molecule has 0 bridgehead atoms. The Labute approximate surface area is 80.5 Å². The second-order valence-corrected chi connectivity index (χ2v) is 2.90. The molecule has 1 amide bonds. The van der Waals surface area contributed by atoms with Gasteiger partial charge in [-0.25, -0.2) is 0 Å². The molecule has 0 aliphatic rings. The third kappa shape index (κ3) is 5.79. The topological polar surface area (TPSA) is 20.3 Å². The molecule has 0 spiro atoms. The highest BCUT2D eigenvalue weighted by Gasteiger charge is 2.32. The zero-order valence-electron chi connectivity index (χ0n) is 7.26. The van der Waals surface area contributed by atoms with Gasteiger partial charge in [-0.3, -0.25) is 4.79 Å². The van der Waals surface area contributed by atoms with E-state index in [1.54, 1.807) is 6.92 Å². The molecule has 0 aliphatic heterocycles. The van der Waals surface area contributed by atoms with Crippen LogP contribution >= 0.6 is 12.6 Å². The van der Waals surface area contributed by atoms with Gasteiger partial charge in [0.2, 0.25) is 5.91 Å². The van der Waals surface area contributed by atoms with Crippen LogP contribution in [0.5, 0.6) is 0 Å². The minimum absolute atomic E-state index is 0.124. The summed E-state index contributed by atoms with van der Waals surface area (Å²) in [5.41, 5.74) is 0. The molecule has 0 unspecified atom stereocenters. The van der Waals surface area contributed by atoms with Crippen LogP contribution in [0.3, 0.4) is 0 Å². The maximum Gasteiger partial charge on any atom is 0.406 e. The van der Waals surface area contributed by atoms with Gasteiger partial charge < -0.3 is 4.90 Å². The highest BCUT2D eigenvalue weighted by atomic mass is 32.1. The number of alkyl halides is 3. The Morgan fingerprint density at radius 2 is 2.00 bits per heavy atom. The minimum atomic E-state index is -4.33. The molecule has 0 fully saturated rings. The monoisotopic (exact) mass is 215 g/mol. The standard InChI is InChI=1S/C7H12F3NOS/c1-2-3-11(6(12)4-13)5-7(8,9)10/h13H,2-5H2,1H3. The fraction of sp³-hybridized carbons (Fsp3) is 0.857. The largest absolute Gasteiger partial charge is 0.406 e. The molecule has 0 rings (SSSR count). The number of rotatable bonds is 4. The van der Waals surface area contributed by atoms with Crippen LogP contribution in [0.1, 0.15) is 13.3 Å². The van der Waals surface area contributed by atoms with E-state index in [0.717, 1.165) is 4.90 Å². The molecule has 0 aromatic rings. The first-order valence-corrected chi connectivity index (χ1v) is 4.49. The van der Waals surface area contributed by atoms with Crippen molar-refractivity contribution < 1.29 is 18.0 Å². The lowest BCUT2D eigenvalue weighted by atomic mass is 10.4. The van der Waals surface area contributed by atoms with Gasteiger partial charge in [-0.05, 0) is 6.42 Å². The number of hydrogen-bond donors (Lipinski definition) is 1. The molecule has 6 heteroatoms. The van der Waals surface area contributed by atoms with Crippen molar-refractivity contribution in [3.05, 3.63) is 0 Å². The first-order chi connectivity index (χ1) is 5.90. The maximum atomic E-state index is 11.9. The van der Waals surface area contributed by atoms with Crippen molar-refractivity contribution in [1.29, 1.82) is 0 Å². The summed E-state index contributed by atoms with van der Waals surface area (Å²) in [6.07, 6.45) is -3.82. The van der Waals surface area contributed by atoms with Crippen LogP contribution in [0.2, 0.25) is 0 Å². The lowest BCUT2D eigenvalue weighted by Gasteiger charge is -2.22. The average Bonchev–Trinajstić information content (AvgIpc) is 2.00. The normalized spacial score (nSPS) is 11.5. The van der Waals surface area contributed by atoms with E-state index < -0.39 is 18.6 Å². The third-order valence-electron chi connectivity index (χ3n) is 1.35. The summed E-state index contributed by atoms with van der Waals surface area (Å²) in [6, 6.07) is 0. The number of thiol groups is 1. The van der Waals surface area contributed by atoms with Crippen molar-refractivity contribution in [3.8, 4) is 0 Å². The van der Waals surface area contributed by atoms with Gasteiger partial charge >= 0.3 is 6.18 Å². The lowest BCUT2D eigenvalue weighted by molar-refractivity contribution is -0.159. The molecule has 13 heavy (non-hydrogen) atoms. The molecule has 0 atom stereocenters. The fourth-order valence-electron chi connectivity index (χ4n) is 0.878. The summed E-state index contributed by atoms with van der Waals surface area (Å²) in [6.45, 7) is 0.661. The molecular formula is C7H12F3NOS. The average molecular weight is 215 g/mol. The second-order valence-electron chi connectivity index (χ2n) is 2.59. The number of nitrogens with zero attached hydrogens (tertiary/aromatic N) is 1. The van der Waals surface area contributed by atoms with E-state index in [9.17, 15) is 18.0 Å². The summed E-state index contributed by atoms with van der Waals surface area (Å²) in [7, 11) is 0. The third-order valence-corrected chi connectivity index (χ3v) is 1.62. The van der Waals surface area contributed by atoms with Gasteiger partial charge in [0.25, 0.3) is 0 Å². The van der Waals surface area contributed by atoms with Gasteiger partial charge in [0.1, 0.15) is 6.54 Å². The van der Waals surface area contributed by atoms with Crippen molar-refractivity contribution in [3.63, 3.8) is 0 Å². The molecule has 2 nitrogen and oxygen atoms in total. The van der Waals surface area contributed by atoms with Crippen molar-refractivity contribution in [2.75, 3.05) is 18.8 Å². The van der Waals surface area contributed by atoms with E-state index in [4.69, 9.17) is 0 Å². The highest BCUT2D eigenvalue weighted by Crippen LogP contribution is 2.16. The quantitative estimate of drug-likeness (QED) is 0.708. The van der Waals surface area contributed by atoms with Crippen LogP contribution in [0, 0.1) is 0 Å². The number of halogens is 3. The molecule has 78 valence electrons. The molecule has 0 aromatic heterocycles. The predicted molar refractivity (Wildman–Crippen MR) is 46.8 cm³/mol. The molecule has 0 saturated heterocycles. The van der Waals surface area contributed by atoms with E-state index in [0.29, 0.717) is 6.42 Å². The van der Waals surface area contributed by atoms with E-state index in [1.807, 2.05) is 0 Å². The van der Waals surface area contributed by atoms with Crippen molar-refractivity contribution in [2.24, 2.45) is 0 Å². The SMILES string of the molecule is CCCN(CC(F)(F)F)C(=O)CS. The highest BCUT2D eigenvalue weighted by molar-refractivity contribution is 7.81. The van der Waals surface area contributed by atoms with Crippen molar-refractivity contribution >= 4 is 18.5 Å². The number of carbonyl (C=O) groups is 1. The maximum absolute atomic E-state index is 11.9. The van der Waals surface area contributed by atoms with Gasteiger partial charge in [0.05, 0.1) is 5.75 Å². The van der Waals surface area contributed by atoms with E-state index in [-0.39, 0.29) is 12.3 Å². The van der Waals surface area contributed by atoms with Crippen LogP contribution in [-0.4, -0.2) is 35.8 Å². The Balaban J connectivity index is 4.17. The summed E-state index contributed by atoms with van der Waals surface area (Å²) in [5.74, 6) is -0.765.